The Hall–Kier alpha value is -2.36. The molecule has 0 aliphatic heterocycles. The Morgan fingerprint density at radius 3 is 1.06 bits per heavy atom. The minimum atomic E-state index is -0.597. The Bertz CT molecular complexity index is 3060. The van der Waals surface area contributed by atoms with Crippen LogP contribution in [-0.4, -0.2) is 20.6 Å². The van der Waals surface area contributed by atoms with Gasteiger partial charge in [0.05, 0.1) is 42.4 Å². The van der Waals surface area contributed by atoms with Crippen LogP contribution in [0.25, 0.3) is 76.8 Å². The monoisotopic (exact) mass is 1140 g/mol. The van der Waals surface area contributed by atoms with Crippen molar-refractivity contribution in [2.45, 2.75) is 0 Å². The minimum absolute atomic E-state index is 0. The van der Waals surface area contributed by atoms with Crippen LogP contribution in [0.5, 0.6) is 0 Å². The summed E-state index contributed by atoms with van der Waals surface area (Å²) in [5.41, 5.74) is 9.42. The Morgan fingerprint density at radius 1 is 0.460 bits per heavy atom. The molecule has 8 aromatic carbocycles. The van der Waals surface area contributed by atoms with E-state index in [9.17, 15) is 8.78 Å². The van der Waals surface area contributed by atoms with Crippen LogP contribution >= 0.6 is 63.7 Å². The normalized spacial score (nSPS) is 10.6. The predicted octanol–water partition coefficient (Wildman–Crippen LogP) is 8.77. The van der Waals surface area contributed by atoms with Crippen molar-refractivity contribution >= 4 is 136 Å². The molecule has 0 saturated carbocycles. The Morgan fingerprint density at radius 2 is 0.746 bits per heavy atom. The molecule has 0 unspecified atom stereocenters. The summed E-state index contributed by atoms with van der Waals surface area (Å²) in [6, 6.07) is 57.8. The third kappa shape index (κ3) is 10.6. The number of carbonyl (C=O) groups excluding carboxylic acids is 1. The van der Waals surface area contributed by atoms with E-state index in [2.05, 4.69) is 240 Å². The maximum Gasteiger partial charge on any atom is 1.00 e. The average Bonchev–Trinajstić information content (AvgIpc) is 3.95. The molecule has 0 radical (unpaired) electrons. The second kappa shape index (κ2) is 22.9. The zero-order valence-corrected chi connectivity index (χ0v) is 46.2. The third-order valence-corrected chi connectivity index (χ3v) is 12.6. The zero-order chi connectivity index (χ0) is 42.6. The van der Waals surface area contributed by atoms with E-state index in [-0.39, 0.29) is 120 Å². The predicted molar refractivity (Wildman–Crippen MR) is 256 cm³/mol. The van der Waals surface area contributed by atoms with E-state index in [4.69, 9.17) is 10.1 Å². The van der Waals surface area contributed by atoms with E-state index >= 15 is 0 Å². The van der Waals surface area contributed by atoms with Crippen LogP contribution in [0, 0.1) is 11.6 Å². The van der Waals surface area contributed by atoms with Crippen molar-refractivity contribution in [2.24, 2.45) is 0 Å². The fourth-order valence-corrected chi connectivity index (χ4v) is 9.87. The van der Waals surface area contributed by atoms with Crippen molar-refractivity contribution in [3.8, 4) is 11.4 Å². The summed E-state index contributed by atoms with van der Waals surface area (Å²) in [5.74, 6) is -1.19. The first kappa shape index (κ1) is 50.1. The molecule has 0 bridgehead atoms. The number of aromatic amines is 1. The number of aromatic nitrogens is 3. The number of nitrogens with zero attached hydrogens (tertiary/aromatic N) is 2. The number of rotatable bonds is 3. The second-order valence-corrected chi connectivity index (χ2v) is 17.0. The van der Waals surface area contributed by atoms with Crippen LogP contribution in [0.1, 0.15) is 1.43 Å². The van der Waals surface area contributed by atoms with Gasteiger partial charge in [0.1, 0.15) is 11.6 Å². The number of H-pyrrole nitrogens is 1. The molecule has 11 rings (SSSR count). The van der Waals surface area contributed by atoms with Gasteiger partial charge in [-0.15, -0.1) is 0 Å². The Balaban J connectivity index is 0.000000211. The van der Waals surface area contributed by atoms with Gasteiger partial charge < -0.3 is 25.7 Å². The maximum absolute atomic E-state index is 12.5. The Kier molecular flexibility index (Phi) is 18.2. The third-order valence-electron chi connectivity index (χ3n) is 10.1. The van der Waals surface area contributed by atoms with Gasteiger partial charge in [-0.2, -0.15) is 0 Å². The van der Waals surface area contributed by atoms with Gasteiger partial charge in [0.25, 0.3) is 6.47 Å². The van der Waals surface area contributed by atoms with Crippen molar-refractivity contribution in [3.63, 3.8) is 0 Å². The van der Waals surface area contributed by atoms with E-state index in [1.807, 2.05) is 0 Å². The van der Waals surface area contributed by atoms with Crippen LogP contribution in [0.4, 0.5) is 8.78 Å². The van der Waals surface area contributed by atoms with Gasteiger partial charge in [0, 0.05) is 58.4 Å². The van der Waals surface area contributed by atoms with Crippen LogP contribution < -0.4 is 108 Å². The van der Waals surface area contributed by atoms with Crippen molar-refractivity contribution in [2.75, 3.05) is 0 Å². The molecule has 0 atom stereocenters. The summed E-state index contributed by atoms with van der Waals surface area (Å²) in [7, 11) is 0. The SMILES string of the molecule is Brc1cc(Br)c(-n2c3ccccc3c3ccccc32)cc1-n1c2ccccc2c2ccccc21.Fc1cc(F)c(Br)cc1Br.O=CO[O-].[H-].[K+].[K+].c1ccc2c(c1)[nH]c1ccccc12. The van der Waals surface area contributed by atoms with Crippen molar-refractivity contribution in [3.05, 3.63) is 199 Å². The number of carbonyl (C=O) groups is 1. The summed E-state index contributed by atoms with van der Waals surface area (Å²) in [6.45, 7) is -0.181. The summed E-state index contributed by atoms with van der Waals surface area (Å²) in [6.07, 6.45) is 0. The minimum Gasteiger partial charge on any atom is -1.00 e. The van der Waals surface area contributed by atoms with Crippen LogP contribution in [0.3, 0.4) is 0 Å². The molecular weight excluding hydrogens is 1110 g/mol. The molecule has 0 aliphatic carbocycles. The first-order chi connectivity index (χ1) is 29.7. The molecule has 63 heavy (non-hydrogen) atoms. The van der Waals surface area contributed by atoms with Crippen molar-refractivity contribution < 1.29 is 128 Å². The quantitative estimate of drug-likeness (QED) is 0.0633. The number of hydrogen-bond donors (Lipinski definition) is 1. The van der Waals surface area contributed by atoms with E-state index in [1.54, 1.807) is 0 Å². The molecule has 14 heteroatoms. The molecule has 6 nitrogen and oxygen atoms in total. The van der Waals surface area contributed by atoms with Gasteiger partial charge in [-0.3, -0.25) is 4.79 Å². The molecule has 0 aliphatic rings. The number of halogens is 6. The number of nitrogens with one attached hydrogen (secondary N) is 1. The maximum atomic E-state index is 12.5. The molecular formula is C49H31Br4F2K2N3O3. The van der Waals surface area contributed by atoms with Gasteiger partial charge in [-0.1, -0.05) is 109 Å². The molecule has 3 aromatic heterocycles. The van der Waals surface area contributed by atoms with E-state index < -0.39 is 11.6 Å². The van der Waals surface area contributed by atoms with Crippen molar-refractivity contribution in [1.82, 2.24) is 14.1 Å². The molecule has 304 valence electrons. The van der Waals surface area contributed by atoms with E-state index in [0.29, 0.717) is 0 Å². The standard InChI is InChI=1S/C30H18Br2N2.C12H9N.C6H2Br2F2.CH2O3.2K.H/c31-23-17-24(32)30(34-27-15-7-3-11-21(27)22-12-4-8-16-28(22)34)18-29(23)33-25-13-5-1-9-19(25)20-10-2-6-14-26(20)33;1-3-7-11-9(5-1)10-6-2-4-8-12(10)13-11;7-3-1-4(8)6(10)2-5(3)9;2-1-4-3;;;/h1-18H;1-8,13H;1-2H;1,3H;;;/q;;;;2*+1;-1/p-1. The average molecular weight is 1150 g/mol. The van der Waals surface area contributed by atoms with Gasteiger partial charge in [0.15, 0.2) is 0 Å². The van der Waals surface area contributed by atoms with Crippen LogP contribution in [-0.2, 0) is 9.68 Å². The Labute approximate surface area is 480 Å². The number of benzene rings is 8. The fraction of sp³-hybridized carbons (Fsp3) is 0. The zero-order valence-electron chi connectivity index (χ0n) is 34.6. The summed E-state index contributed by atoms with van der Waals surface area (Å²) < 4.78 is 32.2. The topological polar surface area (TPSA) is 75.0 Å². The number of hydrogen-bond acceptors (Lipinski definition) is 3. The van der Waals surface area contributed by atoms with E-state index in [0.717, 1.165) is 26.4 Å². The summed E-state index contributed by atoms with van der Waals surface area (Å²) in [4.78, 5) is 14.6. The van der Waals surface area contributed by atoms with Gasteiger partial charge in [0.2, 0.25) is 0 Å². The molecule has 3 heterocycles. The molecule has 11 aromatic rings. The van der Waals surface area contributed by atoms with E-state index in [1.165, 1.54) is 71.5 Å². The molecule has 0 amide bonds. The van der Waals surface area contributed by atoms with Crippen molar-refractivity contribution in [1.29, 1.82) is 0 Å². The van der Waals surface area contributed by atoms with Gasteiger partial charge in [-0.05, 0) is 118 Å². The largest absolute Gasteiger partial charge is 1.00 e. The molecule has 0 spiro atoms. The summed E-state index contributed by atoms with van der Waals surface area (Å²) >= 11 is 13.6. The van der Waals surface area contributed by atoms with Crippen LogP contribution in [0.15, 0.2) is 188 Å². The molecule has 1 N–H and O–H groups in total. The smallest absolute Gasteiger partial charge is 1.00 e. The first-order valence-corrected chi connectivity index (χ1v) is 21.8. The fourth-order valence-electron chi connectivity index (χ4n) is 7.53. The summed E-state index contributed by atoms with van der Waals surface area (Å²) in [5, 5.41) is 16.1. The molecule has 0 saturated heterocycles. The van der Waals surface area contributed by atoms with Gasteiger partial charge >= 0.3 is 103 Å². The second-order valence-electron chi connectivity index (χ2n) is 13.6. The number of para-hydroxylation sites is 6. The first-order valence-electron chi connectivity index (χ1n) is 18.6. The van der Waals surface area contributed by atoms with Gasteiger partial charge in [-0.25, -0.2) is 8.78 Å². The van der Waals surface area contributed by atoms with Crippen LogP contribution in [0.2, 0.25) is 0 Å². The molecule has 0 fully saturated rings. The number of fused-ring (bicyclic) bond motifs is 9.